The van der Waals surface area contributed by atoms with E-state index >= 15 is 0 Å². The molecule has 18 heavy (non-hydrogen) atoms. The number of hydrogen-bond donors (Lipinski definition) is 1. The van der Waals surface area contributed by atoms with E-state index in [0.29, 0.717) is 12.1 Å². The molecule has 4 heteroatoms. The lowest BCUT2D eigenvalue weighted by Crippen LogP contribution is -2.02. The average molecular weight is 312 g/mol. The normalized spacial score (nSPS) is 10.4. The summed E-state index contributed by atoms with van der Waals surface area (Å²) >= 11 is 3.34. The molecule has 0 unspecified atom stereocenters. The lowest BCUT2D eigenvalue weighted by Gasteiger charge is -2.09. The van der Waals surface area contributed by atoms with Gasteiger partial charge in [0, 0.05) is 17.1 Å². The summed E-state index contributed by atoms with van der Waals surface area (Å²) in [7, 11) is 0. The maximum absolute atomic E-state index is 13.6. The summed E-state index contributed by atoms with van der Waals surface area (Å²) in [6.45, 7) is 1.99. The number of nitrogens with one attached hydrogen (secondary N) is 1. The van der Waals surface area contributed by atoms with Crippen LogP contribution in [0.4, 0.5) is 14.5 Å². The van der Waals surface area contributed by atoms with Gasteiger partial charge >= 0.3 is 0 Å². The molecule has 0 aliphatic carbocycles. The van der Waals surface area contributed by atoms with E-state index in [9.17, 15) is 8.78 Å². The van der Waals surface area contributed by atoms with Gasteiger partial charge in [-0.15, -0.1) is 0 Å². The van der Waals surface area contributed by atoms with Gasteiger partial charge in [-0.2, -0.15) is 0 Å². The molecule has 0 spiro atoms. The van der Waals surface area contributed by atoms with Gasteiger partial charge in [0.25, 0.3) is 0 Å². The van der Waals surface area contributed by atoms with E-state index in [0.717, 1.165) is 10.0 Å². The Labute approximate surface area is 113 Å². The minimum atomic E-state index is -0.439. The Kier molecular flexibility index (Phi) is 3.97. The molecular formula is C14H12BrF2N. The Morgan fingerprint density at radius 2 is 1.72 bits per heavy atom. The van der Waals surface area contributed by atoms with Gasteiger partial charge < -0.3 is 5.32 Å². The lowest BCUT2D eigenvalue weighted by atomic mass is 10.2. The molecule has 2 aromatic rings. The molecule has 2 aromatic carbocycles. The standard InChI is InChI=1S/C14H12BrF2N/c1-9-6-13(17)14(7-12(9)16)18-8-10-2-4-11(15)5-3-10/h2-7,18H,8H2,1H3. The minimum Gasteiger partial charge on any atom is -0.379 e. The second-order valence-corrected chi connectivity index (χ2v) is 4.98. The summed E-state index contributed by atoms with van der Waals surface area (Å²) < 4.78 is 27.9. The fourth-order valence-electron chi connectivity index (χ4n) is 1.58. The van der Waals surface area contributed by atoms with Crippen LogP contribution < -0.4 is 5.32 Å². The van der Waals surface area contributed by atoms with Gasteiger partial charge in [0.1, 0.15) is 11.6 Å². The highest BCUT2D eigenvalue weighted by Gasteiger charge is 2.06. The summed E-state index contributed by atoms with van der Waals surface area (Å²) in [4.78, 5) is 0. The van der Waals surface area contributed by atoms with Crippen LogP contribution in [0.25, 0.3) is 0 Å². The van der Waals surface area contributed by atoms with E-state index in [2.05, 4.69) is 21.2 Å². The second-order valence-electron chi connectivity index (χ2n) is 4.06. The van der Waals surface area contributed by atoms with Crippen LogP contribution in [0.15, 0.2) is 40.9 Å². The maximum Gasteiger partial charge on any atom is 0.146 e. The number of rotatable bonds is 3. The highest BCUT2D eigenvalue weighted by molar-refractivity contribution is 9.10. The molecule has 0 aliphatic rings. The van der Waals surface area contributed by atoms with Crippen LogP contribution in [0.2, 0.25) is 0 Å². The van der Waals surface area contributed by atoms with Crippen molar-refractivity contribution in [2.75, 3.05) is 5.32 Å². The van der Waals surface area contributed by atoms with Crippen molar-refractivity contribution in [1.82, 2.24) is 0 Å². The first kappa shape index (κ1) is 13.0. The minimum absolute atomic E-state index is 0.181. The van der Waals surface area contributed by atoms with Gasteiger partial charge in [0.05, 0.1) is 5.69 Å². The smallest absolute Gasteiger partial charge is 0.146 e. The van der Waals surface area contributed by atoms with Gasteiger partial charge in [-0.05, 0) is 36.2 Å². The Morgan fingerprint density at radius 1 is 1.06 bits per heavy atom. The highest BCUT2D eigenvalue weighted by atomic mass is 79.9. The van der Waals surface area contributed by atoms with Crippen LogP contribution in [0.5, 0.6) is 0 Å². The van der Waals surface area contributed by atoms with E-state index < -0.39 is 11.6 Å². The Hall–Kier alpha value is -1.42. The zero-order valence-electron chi connectivity index (χ0n) is 9.81. The Morgan fingerprint density at radius 3 is 2.39 bits per heavy atom. The molecule has 0 amide bonds. The van der Waals surface area contributed by atoms with Crippen LogP contribution >= 0.6 is 15.9 Å². The van der Waals surface area contributed by atoms with Crippen molar-refractivity contribution in [3.8, 4) is 0 Å². The lowest BCUT2D eigenvalue weighted by molar-refractivity contribution is 0.594. The van der Waals surface area contributed by atoms with Crippen LogP contribution in [-0.2, 0) is 6.54 Å². The fraction of sp³-hybridized carbons (Fsp3) is 0.143. The van der Waals surface area contributed by atoms with E-state index in [-0.39, 0.29) is 5.69 Å². The Bertz CT molecular complexity index is 552. The maximum atomic E-state index is 13.6. The third kappa shape index (κ3) is 3.07. The molecule has 0 heterocycles. The molecule has 0 saturated carbocycles. The van der Waals surface area contributed by atoms with Gasteiger partial charge in [0.15, 0.2) is 0 Å². The van der Waals surface area contributed by atoms with Crippen molar-refractivity contribution in [3.63, 3.8) is 0 Å². The molecule has 0 atom stereocenters. The topological polar surface area (TPSA) is 12.0 Å². The molecule has 0 saturated heterocycles. The fourth-order valence-corrected chi connectivity index (χ4v) is 1.85. The zero-order valence-corrected chi connectivity index (χ0v) is 11.4. The monoisotopic (exact) mass is 311 g/mol. The third-order valence-electron chi connectivity index (χ3n) is 2.64. The van der Waals surface area contributed by atoms with Gasteiger partial charge in [0.2, 0.25) is 0 Å². The van der Waals surface area contributed by atoms with Crippen LogP contribution in [0, 0.1) is 18.6 Å². The number of anilines is 1. The number of hydrogen-bond acceptors (Lipinski definition) is 1. The number of aryl methyl sites for hydroxylation is 1. The molecule has 1 N–H and O–H groups in total. The van der Waals surface area contributed by atoms with Gasteiger partial charge in [-0.25, -0.2) is 8.78 Å². The molecule has 0 aliphatic heterocycles. The molecule has 0 bridgehead atoms. The molecule has 0 radical (unpaired) electrons. The highest BCUT2D eigenvalue weighted by Crippen LogP contribution is 2.20. The van der Waals surface area contributed by atoms with Crippen LogP contribution in [0.3, 0.4) is 0 Å². The molecule has 2 rings (SSSR count). The van der Waals surface area contributed by atoms with Crippen molar-refractivity contribution in [1.29, 1.82) is 0 Å². The largest absolute Gasteiger partial charge is 0.379 e. The van der Waals surface area contributed by atoms with Crippen molar-refractivity contribution in [2.45, 2.75) is 13.5 Å². The summed E-state index contributed by atoms with van der Waals surface area (Å²) in [5.41, 5.74) is 1.49. The van der Waals surface area contributed by atoms with Crippen molar-refractivity contribution in [2.24, 2.45) is 0 Å². The first-order valence-corrected chi connectivity index (χ1v) is 6.29. The van der Waals surface area contributed by atoms with Crippen LogP contribution in [0.1, 0.15) is 11.1 Å². The summed E-state index contributed by atoms with van der Waals surface area (Å²) in [6.07, 6.45) is 0. The van der Waals surface area contributed by atoms with E-state index in [1.807, 2.05) is 24.3 Å². The first-order chi connectivity index (χ1) is 8.56. The second kappa shape index (κ2) is 5.48. The summed E-state index contributed by atoms with van der Waals surface area (Å²) in [6, 6.07) is 10.0. The van der Waals surface area contributed by atoms with Crippen molar-refractivity contribution < 1.29 is 8.78 Å². The van der Waals surface area contributed by atoms with Gasteiger partial charge in [-0.3, -0.25) is 0 Å². The number of benzene rings is 2. The summed E-state index contributed by atoms with van der Waals surface area (Å²) in [5, 5.41) is 2.89. The third-order valence-corrected chi connectivity index (χ3v) is 3.17. The van der Waals surface area contributed by atoms with E-state index in [4.69, 9.17) is 0 Å². The molecule has 1 nitrogen and oxygen atoms in total. The molecular weight excluding hydrogens is 300 g/mol. The van der Waals surface area contributed by atoms with Crippen LogP contribution in [-0.4, -0.2) is 0 Å². The zero-order chi connectivity index (χ0) is 13.1. The SMILES string of the molecule is Cc1cc(F)c(NCc2ccc(Br)cc2)cc1F. The summed E-state index contributed by atoms with van der Waals surface area (Å²) in [5.74, 6) is -0.847. The predicted molar refractivity (Wildman–Crippen MR) is 72.6 cm³/mol. The quantitative estimate of drug-likeness (QED) is 0.870. The first-order valence-electron chi connectivity index (χ1n) is 5.50. The van der Waals surface area contributed by atoms with E-state index in [1.165, 1.54) is 19.1 Å². The Balaban J connectivity index is 2.10. The average Bonchev–Trinajstić information content (AvgIpc) is 2.34. The molecule has 0 fully saturated rings. The van der Waals surface area contributed by atoms with Gasteiger partial charge in [-0.1, -0.05) is 28.1 Å². The molecule has 94 valence electrons. The van der Waals surface area contributed by atoms with Crippen molar-refractivity contribution in [3.05, 3.63) is 63.6 Å². The van der Waals surface area contributed by atoms with Crippen molar-refractivity contribution >= 4 is 21.6 Å². The molecule has 0 aromatic heterocycles. The number of halogens is 3. The predicted octanol–water partition coefficient (Wildman–Crippen LogP) is 4.65. The van der Waals surface area contributed by atoms with E-state index in [1.54, 1.807) is 0 Å².